The molecule has 1 aromatic carbocycles. The quantitative estimate of drug-likeness (QED) is 0.431. The second kappa shape index (κ2) is 10.9. The van der Waals surface area contributed by atoms with Crippen molar-refractivity contribution < 1.29 is 32.6 Å². The number of hydrogen-bond donors (Lipinski definition) is 2. The minimum atomic E-state index is -3.02. The number of alkyl halides is 2. The molecule has 208 valence electrons. The molecule has 0 amide bonds. The van der Waals surface area contributed by atoms with Gasteiger partial charge in [-0.25, -0.2) is 22.9 Å². The van der Waals surface area contributed by atoms with Crippen LogP contribution in [0.15, 0.2) is 46.0 Å². The van der Waals surface area contributed by atoms with Gasteiger partial charge in [-0.15, -0.1) is 11.3 Å². The van der Waals surface area contributed by atoms with Gasteiger partial charge in [-0.3, -0.25) is 14.7 Å². The summed E-state index contributed by atoms with van der Waals surface area (Å²) in [5.41, 5.74) is 0.546. The average Bonchev–Trinajstić information content (AvgIpc) is 3.45. The fourth-order valence-corrected chi connectivity index (χ4v) is 6.62. The molecule has 1 aromatic heterocycles. The lowest BCUT2D eigenvalue weighted by atomic mass is 9.87. The largest absolute Gasteiger partial charge is 0.481 e. The van der Waals surface area contributed by atoms with E-state index in [0.29, 0.717) is 17.3 Å². The number of carbonyl (C=O) groups excluding carboxylic acids is 1. The van der Waals surface area contributed by atoms with Crippen LogP contribution in [0.1, 0.15) is 49.2 Å². The summed E-state index contributed by atoms with van der Waals surface area (Å²) in [5, 5.41) is 14.4. The van der Waals surface area contributed by atoms with Crippen LogP contribution in [0, 0.1) is 11.7 Å². The standard InChI is InChI=1S/C26H26ClF3N4O4S/c1-2-38-25(37)20-17(12-34-14-8-13(10-19(35)36)9-18(34)26(29,30)11-14)32-23(24-31-6-7-39-24)33-22(20)15-4-3-5-16(28)21(15)27/h3-7,13-14,18,22H,2,8-12H2,1H3,(H,32,33)(H,35,36)/t13?,14-,18+,22+/m1/s1. The van der Waals surface area contributed by atoms with Crippen molar-refractivity contribution in [2.75, 3.05) is 13.2 Å². The van der Waals surface area contributed by atoms with E-state index in [-0.39, 0.29) is 53.8 Å². The number of benzene rings is 1. The Morgan fingerprint density at radius 2 is 2.13 bits per heavy atom. The molecule has 2 aromatic rings. The lowest BCUT2D eigenvalue weighted by Crippen LogP contribution is -2.50. The number of hydrogen-bond acceptors (Lipinski definition) is 8. The van der Waals surface area contributed by atoms with Crippen LogP contribution in [0.3, 0.4) is 0 Å². The van der Waals surface area contributed by atoms with E-state index in [1.165, 1.54) is 23.5 Å². The number of carbonyl (C=O) groups is 2. The number of amidine groups is 1. The third-order valence-corrected chi connectivity index (χ3v) is 8.54. The Morgan fingerprint density at radius 3 is 2.79 bits per heavy atom. The minimum absolute atomic E-state index is 0.0183. The molecule has 2 saturated heterocycles. The molecule has 4 atom stereocenters. The van der Waals surface area contributed by atoms with Crippen LogP contribution < -0.4 is 5.32 Å². The van der Waals surface area contributed by atoms with E-state index in [0.717, 1.165) is 0 Å². The van der Waals surface area contributed by atoms with E-state index < -0.39 is 48.2 Å². The van der Waals surface area contributed by atoms with Crippen molar-refractivity contribution in [3.05, 3.63) is 62.5 Å². The molecular weight excluding hydrogens is 557 g/mol. The zero-order valence-electron chi connectivity index (χ0n) is 20.9. The summed E-state index contributed by atoms with van der Waals surface area (Å²) in [6.07, 6.45) is 1.32. The number of thiazole rings is 1. The normalized spacial score (nSPS) is 26.2. The molecule has 1 unspecified atom stereocenters. The Bertz CT molecular complexity index is 1340. The number of carboxylic acids is 1. The zero-order chi connectivity index (χ0) is 27.9. The Hall–Kier alpha value is -2.96. The summed E-state index contributed by atoms with van der Waals surface area (Å²) in [6, 6.07) is 1.33. The monoisotopic (exact) mass is 582 g/mol. The Balaban J connectivity index is 1.58. The Labute approximate surface area is 231 Å². The predicted octanol–water partition coefficient (Wildman–Crippen LogP) is 4.81. The lowest BCUT2D eigenvalue weighted by Gasteiger charge is -2.40. The second-order valence-electron chi connectivity index (χ2n) is 9.84. The first-order chi connectivity index (χ1) is 18.6. The molecule has 2 bridgehead atoms. The van der Waals surface area contributed by atoms with Gasteiger partial charge in [0.15, 0.2) is 10.8 Å². The molecule has 8 nitrogen and oxygen atoms in total. The maximum Gasteiger partial charge on any atom is 0.338 e. The van der Waals surface area contributed by atoms with Gasteiger partial charge in [0.1, 0.15) is 11.9 Å². The van der Waals surface area contributed by atoms with Crippen molar-refractivity contribution in [2.45, 2.75) is 56.7 Å². The molecule has 13 heteroatoms. The fraction of sp³-hybridized carbons (Fsp3) is 0.462. The van der Waals surface area contributed by atoms with Gasteiger partial charge in [0.05, 0.1) is 23.2 Å². The molecule has 0 radical (unpaired) electrons. The predicted molar refractivity (Wildman–Crippen MR) is 138 cm³/mol. The van der Waals surface area contributed by atoms with Crippen LogP contribution in [0.2, 0.25) is 5.02 Å². The number of piperidine rings is 1. The first-order valence-electron chi connectivity index (χ1n) is 12.5. The van der Waals surface area contributed by atoms with E-state index in [9.17, 15) is 19.1 Å². The van der Waals surface area contributed by atoms with Crippen LogP contribution >= 0.6 is 22.9 Å². The molecule has 3 aliphatic heterocycles. The van der Waals surface area contributed by atoms with Gasteiger partial charge in [0.25, 0.3) is 5.92 Å². The highest BCUT2D eigenvalue weighted by atomic mass is 35.5. The molecule has 4 heterocycles. The highest BCUT2D eigenvalue weighted by Gasteiger charge is 2.57. The van der Waals surface area contributed by atoms with Crippen molar-refractivity contribution >= 4 is 40.7 Å². The maximum atomic E-state index is 15.1. The smallest absolute Gasteiger partial charge is 0.338 e. The first kappa shape index (κ1) is 27.6. The van der Waals surface area contributed by atoms with Gasteiger partial charge in [-0.1, -0.05) is 23.7 Å². The van der Waals surface area contributed by atoms with Crippen LogP contribution in [-0.2, 0) is 14.3 Å². The number of nitrogens with zero attached hydrogens (tertiary/aromatic N) is 3. The van der Waals surface area contributed by atoms with Crippen molar-refractivity contribution in [1.29, 1.82) is 0 Å². The Kier molecular flexibility index (Phi) is 7.71. The van der Waals surface area contributed by atoms with Gasteiger partial charge < -0.3 is 15.2 Å². The van der Waals surface area contributed by atoms with E-state index in [1.54, 1.807) is 29.5 Å². The number of aliphatic imine (C=N–C) groups is 1. The van der Waals surface area contributed by atoms with E-state index in [4.69, 9.17) is 16.3 Å². The van der Waals surface area contributed by atoms with E-state index in [2.05, 4.69) is 15.3 Å². The van der Waals surface area contributed by atoms with Crippen molar-refractivity contribution in [1.82, 2.24) is 15.2 Å². The first-order valence-corrected chi connectivity index (χ1v) is 13.8. The summed E-state index contributed by atoms with van der Waals surface area (Å²) in [6.45, 7) is 1.61. The summed E-state index contributed by atoms with van der Waals surface area (Å²) in [7, 11) is 0. The van der Waals surface area contributed by atoms with Crippen LogP contribution in [0.5, 0.6) is 0 Å². The second-order valence-corrected chi connectivity index (χ2v) is 11.1. The third-order valence-electron chi connectivity index (χ3n) is 7.36. The molecule has 2 fully saturated rings. The molecule has 0 spiro atoms. The van der Waals surface area contributed by atoms with Gasteiger partial charge >= 0.3 is 11.9 Å². The molecular formula is C26H26ClF3N4O4S. The minimum Gasteiger partial charge on any atom is -0.481 e. The zero-order valence-corrected chi connectivity index (χ0v) is 22.4. The highest BCUT2D eigenvalue weighted by Crippen LogP contribution is 2.49. The topological polar surface area (TPSA) is 104 Å². The lowest BCUT2D eigenvalue weighted by molar-refractivity contribution is -0.140. The summed E-state index contributed by atoms with van der Waals surface area (Å²) in [4.78, 5) is 35.2. The molecule has 2 N–H and O–H groups in total. The number of aliphatic carboxylic acids is 1. The summed E-state index contributed by atoms with van der Waals surface area (Å²) < 4.78 is 50.1. The van der Waals surface area contributed by atoms with E-state index in [1.807, 2.05) is 0 Å². The summed E-state index contributed by atoms with van der Waals surface area (Å²) in [5.74, 6) is -5.54. The molecule has 0 saturated carbocycles. The van der Waals surface area contributed by atoms with Crippen LogP contribution in [0.4, 0.5) is 13.2 Å². The summed E-state index contributed by atoms with van der Waals surface area (Å²) >= 11 is 7.61. The fourth-order valence-electron chi connectivity index (χ4n) is 5.80. The number of ether oxygens (including phenoxy) is 1. The van der Waals surface area contributed by atoms with Crippen LogP contribution in [0.25, 0.3) is 0 Å². The Morgan fingerprint density at radius 1 is 1.33 bits per heavy atom. The number of esters is 1. The van der Waals surface area contributed by atoms with Crippen molar-refractivity contribution in [3.63, 3.8) is 0 Å². The average molecular weight is 583 g/mol. The molecule has 39 heavy (non-hydrogen) atoms. The van der Waals surface area contributed by atoms with Gasteiger partial charge in [0, 0.05) is 48.3 Å². The number of aromatic nitrogens is 1. The number of halogens is 4. The van der Waals surface area contributed by atoms with Gasteiger partial charge in [-0.05, 0) is 31.7 Å². The third kappa shape index (κ3) is 5.42. The number of fused-ring (bicyclic) bond motifs is 2. The maximum absolute atomic E-state index is 15.1. The van der Waals surface area contributed by atoms with E-state index >= 15 is 8.78 Å². The number of nitrogens with one attached hydrogen (secondary N) is 1. The van der Waals surface area contributed by atoms with Crippen LogP contribution in [-0.4, -0.2) is 63.9 Å². The molecule has 0 aliphatic carbocycles. The SMILES string of the molecule is CCOC(=O)C1=C(CN2[C@@H]3CC(CC(=O)O)C[C@H]2C(F)(F)C3)NC(c2nccs2)=N[C@H]1c1cccc(F)c1Cl. The molecule has 3 aliphatic rings. The van der Waals surface area contributed by atoms with Crippen molar-refractivity contribution in [3.8, 4) is 0 Å². The van der Waals surface area contributed by atoms with Crippen molar-refractivity contribution in [2.24, 2.45) is 10.9 Å². The number of rotatable bonds is 8. The van der Waals surface area contributed by atoms with Gasteiger partial charge in [0.2, 0.25) is 0 Å². The molecule has 5 rings (SSSR count). The van der Waals surface area contributed by atoms with Gasteiger partial charge in [-0.2, -0.15) is 0 Å². The number of carboxylic acid groups (broad SMARTS) is 1. The highest BCUT2D eigenvalue weighted by molar-refractivity contribution is 7.11.